The Morgan fingerprint density at radius 1 is 1.29 bits per heavy atom. The molecule has 1 heterocycles. The molecular weight excluding hydrogens is 208 g/mol. The quantitative estimate of drug-likeness (QED) is 0.858. The summed E-state index contributed by atoms with van der Waals surface area (Å²) in [5.74, 6) is 0. The summed E-state index contributed by atoms with van der Waals surface area (Å²) in [6, 6.07) is 7.78. The number of fused-ring (bicyclic) bond motifs is 1. The zero-order chi connectivity index (χ0) is 11.7. The fourth-order valence-electron chi connectivity index (χ4n) is 2.87. The second kappa shape index (κ2) is 4.69. The third kappa shape index (κ3) is 2.32. The summed E-state index contributed by atoms with van der Waals surface area (Å²) < 4.78 is 0. The number of rotatable bonds is 3. The third-order valence-electron chi connectivity index (χ3n) is 4.24. The molecule has 2 nitrogen and oxygen atoms in total. The van der Waals surface area contributed by atoms with Gasteiger partial charge >= 0.3 is 0 Å². The Kier molecular flexibility index (Phi) is 3.06. The summed E-state index contributed by atoms with van der Waals surface area (Å²) in [5.41, 5.74) is 4.34. The van der Waals surface area contributed by atoms with Gasteiger partial charge in [0.2, 0.25) is 0 Å². The molecule has 0 aromatic heterocycles. The first-order valence-electron chi connectivity index (χ1n) is 6.89. The maximum absolute atomic E-state index is 3.47. The first kappa shape index (κ1) is 11.1. The van der Waals surface area contributed by atoms with Gasteiger partial charge in [0.25, 0.3) is 0 Å². The maximum Gasteiger partial charge on any atom is 0.0372 e. The van der Waals surface area contributed by atoms with Crippen molar-refractivity contribution in [1.82, 2.24) is 4.90 Å². The lowest BCUT2D eigenvalue weighted by Gasteiger charge is -2.35. The third-order valence-corrected chi connectivity index (χ3v) is 4.24. The van der Waals surface area contributed by atoms with Crippen LogP contribution in [-0.2, 0) is 13.0 Å². The van der Waals surface area contributed by atoms with Gasteiger partial charge < -0.3 is 5.32 Å². The molecule has 0 spiro atoms. The Balaban J connectivity index is 1.70. The van der Waals surface area contributed by atoms with Crippen LogP contribution < -0.4 is 5.32 Å². The number of hydrogen-bond acceptors (Lipinski definition) is 2. The van der Waals surface area contributed by atoms with Gasteiger partial charge in [-0.2, -0.15) is 0 Å². The summed E-state index contributed by atoms with van der Waals surface area (Å²) in [4.78, 5) is 2.52. The Labute approximate surface area is 104 Å². The normalized spacial score (nSPS) is 19.6. The van der Waals surface area contributed by atoms with Crippen LogP contribution in [0.4, 0.5) is 5.69 Å². The molecule has 0 radical (unpaired) electrons. The van der Waals surface area contributed by atoms with E-state index in [1.807, 2.05) is 0 Å². The minimum Gasteiger partial charge on any atom is -0.385 e. The molecule has 0 unspecified atom stereocenters. The van der Waals surface area contributed by atoms with Crippen LogP contribution in [0.25, 0.3) is 0 Å². The molecule has 1 aromatic rings. The van der Waals surface area contributed by atoms with Crippen molar-refractivity contribution in [2.24, 2.45) is 0 Å². The average Bonchev–Trinajstić information content (AvgIpc) is 2.26. The fraction of sp³-hybridized carbons (Fsp3) is 0.600. The van der Waals surface area contributed by atoms with Crippen LogP contribution in [0.15, 0.2) is 18.2 Å². The Bertz CT molecular complexity index is 396. The standard InChI is InChI=1S/C15H22N2/c1-17(14-5-2-6-14)11-12-7-8-15-13(10-12)4-3-9-16-15/h7-8,10,14,16H,2-6,9,11H2,1H3. The molecule has 1 aliphatic heterocycles. The predicted molar refractivity (Wildman–Crippen MR) is 72.4 cm³/mol. The van der Waals surface area contributed by atoms with Gasteiger partial charge in [0.1, 0.15) is 0 Å². The van der Waals surface area contributed by atoms with Crippen LogP contribution in [0, 0.1) is 0 Å². The Morgan fingerprint density at radius 3 is 2.94 bits per heavy atom. The first-order chi connectivity index (χ1) is 8.33. The molecule has 1 N–H and O–H groups in total. The molecular formula is C15H22N2. The van der Waals surface area contributed by atoms with E-state index in [-0.39, 0.29) is 0 Å². The van der Waals surface area contributed by atoms with Crippen LogP contribution in [0.1, 0.15) is 36.8 Å². The summed E-state index contributed by atoms with van der Waals surface area (Å²) >= 11 is 0. The van der Waals surface area contributed by atoms with Crippen molar-refractivity contribution in [2.45, 2.75) is 44.7 Å². The average molecular weight is 230 g/mol. The molecule has 0 saturated heterocycles. The van der Waals surface area contributed by atoms with Crippen molar-refractivity contribution >= 4 is 5.69 Å². The Morgan fingerprint density at radius 2 is 2.18 bits per heavy atom. The zero-order valence-corrected chi connectivity index (χ0v) is 10.7. The van der Waals surface area contributed by atoms with E-state index in [1.54, 1.807) is 0 Å². The largest absolute Gasteiger partial charge is 0.385 e. The molecule has 0 amide bonds. The lowest BCUT2D eigenvalue weighted by Crippen LogP contribution is -2.36. The molecule has 1 aromatic carbocycles. The van der Waals surface area contributed by atoms with E-state index in [0.717, 1.165) is 19.1 Å². The van der Waals surface area contributed by atoms with E-state index < -0.39 is 0 Å². The summed E-state index contributed by atoms with van der Waals surface area (Å²) in [5, 5.41) is 3.47. The molecule has 17 heavy (non-hydrogen) atoms. The van der Waals surface area contributed by atoms with Gasteiger partial charge in [-0.25, -0.2) is 0 Å². The van der Waals surface area contributed by atoms with Crippen molar-refractivity contribution in [2.75, 3.05) is 18.9 Å². The zero-order valence-electron chi connectivity index (χ0n) is 10.7. The van der Waals surface area contributed by atoms with Crippen molar-refractivity contribution < 1.29 is 0 Å². The van der Waals surface area contributed by atoms with Gasteiger partial charge in [-0.3, -0.25) is 4.90 Å². The van der Waals surface area contributed by atoms with E-state index in [4.69, 9.17) is 0 Å². The molecule has 3 rings (SSSR count). The number of anilines is 1. The van der Waals surface area contributed by atoms with Crippen LogP contribution in [0.5, 0.6) is 0 Å². The number of nitrogens with one attached hydrogen (secondary N) is 1. The van der Waals surface area contributed by atoms with E-state index >= 15 is 0 Å². The highest BCUT2D eigenvalue weighted by molar-refractivity contribution is 5.54. The second-order valence-corrected chi connectivity index (χ2v) is 5.52. The second-order valence-electron chi connectivity index (χ2n) is 5.52. The van der Waals surface area contributed by atoms with E-state index in [0.29, 0.717) is 0 Å². The number of nitrogens with zero attached hydrogens (tertiary/aromatic N) is 1. The maximum atomic E-state index is 3.47. The highest BCUT2D eigenvalue weighted by Gasteiger charge is 2.22. The van der Waals surface area contributed by atoms with E-state index in [2.05, 4.69) is 35.5 Å². The number of aryl methyl sites for hydroxylation is 1. The molecule has 2 heteroatoms. The molecule has 92 valence electrons. The van der Waals surface area contributed by atoms with Crippen LogP contribution in [-0.4, -0.2) is 24.5 Å². The van der Waals surface area contributed by atoms with Crippen molar-refractivity contribution in [1.29, 1.82) is 0 Å². The first-order valence-corrected chi connectivity index (χ1v) is 6.89. The summed E-state index contributed by atoms with van der Waals surface area (Å²) in [6.45, 7) is 2.24. The molecule has 0 atom stereocenters. The van der Waals surface area contributed by atoms with Crippen LogP contribution in [0.3, 0.4) is 0 Å². The van der Waals surface area contributed by atoms with Gasteiger partial charge in [-0.1, -0.05) is 18.6 Å². The van der Waals surface area contributed by atoms with Crippen molar-refractivity contribution in [3.63, 3.8) is 0 Å². The van der Waals surface area contributed by atoms with Gasteiger partial charge in [0.05, 0.1) is 0 Å². The van der Waals surface area contributed by atoms with Gasteiger partial charge in [0, 0.05) is 24.8 Å². The van der Waals surface area contributed by atoms with Crippen molar-refractivity contribution in [3.8, 4) is 0 Å². The van der Waals surface area contributed by atoms with Crippen molar-refractivity contribution in [3.05, 3.63) is 29.3 Å². The predicted octanol–water partition coefficient (Wildman–Crippen LogP) is 3.03. The van der Waals surface area contributed by atoms with E-state index in [9.17, 15) is 0 Å². The molecule has 1 fully saturated rings. The van der Waals surface area contributed by atoms with Gasteiger partial charge in [0.15, 0.2) is 0 Å². The summed E-state index contributed by atoms with van der Waals surface area (Å²) in [7, 11) is 2.27. The number of benzene rings is 1. The topological polar surface area (TPSA) is 15.3 Å². The van der Waals surface area contributed by atoms with Gasteiger partial charge in [-0.05, 0) is 49.9 Å². The lowest BCUT2D eigenvalue weighted by atomic mass is 9.91. The minimum absolute atomic E-state index is 0.837. The fourth-order valence-corrected chi connectivity index (χ4v) is 2.87. The monoisotopic (exact) mass is 230 g/mol. The lowest BCUT2D eigenvalue weighted by molar-refractivity contribution is 0.152. The van der Waals surface area contributed by atoms with Crippen LogP contribution >= 0.6 is 0 Å². The SMILES string of the molecule is CN(Cc1ccc2c(c1)CCCN2)C1CCC1. The molecule has 0 bridgehead atoms. The smallest absolute Gasteiger partial charge is 0.0372 e. The van der Waals surface area contributed by atoms with E-state index in [1.165, 1.54) is 48.9 Å². The van der Waals surface area contributed by atoms with Crippen LogP contribution in [0.2, 0.25) is 0 Å². The number of hydrogen-bond donors (Lipinski definition) is 1. The Hall–Kier alpha value is -1.02. The molecule has 2 aliphatic rings. The van der Waals surface area contributed by atoms with Gasteiger partial charge in [-0.15, -0.1) is 0 Å². The molecule has 1 aliphatic carbocycles. The highest BCUT2D eigenvalue weighted by Crippen LogP contribution is 2.27. The molecule has 1 saturated carbocycles. The highest BCUT2D eigenvalue weighted by atomic mass is 15.1. The summed E-state index contributed by atoms with van der Waals surface area (Å²) in [6.07, 6.45) is 6.72. The minimum atomic E-state index is 0.837.